The summed E-state index contributed by atoms with van der Waals surface area (Å²) < 4.78 is 67.4. The average molecular weight is 395 g/mol. The predicted octanol–water partition coefficient (Wildman–Crippen LogP) is 3.29. The van der Waals surface area contributed by atoms with Gasteiger partial charge in [-0.1, -0.05) is 38.2 Å². The molecule has 1 saturated carbocycles. The van der Waals surface area contributed by atoms with Gasteiger partial charge in [-0.15, -0.1) is 13.2 Å². The van der Waals surface area contributed by atoms with Crippen LogP contribution < -0.4 is 9.46 Å². The summed E-state index contributed by atoms with van der Waals surface area (Å²) in [6.07, 6.45) is -0.123. The molecule has 0 heterocycles. The number of carbonyl (C=O) groups is 1. The molecule has 6 nitrogen and oxygen atoms in total. The molecule has 0 radical (unpaired) electrons. The van der Waals surface area contributed by atoms with Crippen LogP contribution in [0.25, 0.3) is 0 Å². The van der Waals surface area contributed by atoms with E-state index in [0.29, 0.717) is 6.07 Å². The van der Waals surface area contributed by atoms with E-state index in [0.717, 1.165) is 50.3 Å². The number of carboxylic acid groups (broad SMARTS) is 1. The molecule has 0 amide bonds. The highest BCUT2D eigenvalue weighted by Crippen LogP contribution is 2.28. The molecule has 0 unspecified atom stereocenters. The van der Waals surface area contributed by atoms with Crippen molar-refractivity contribution in [3.05, 3.63) is 24.3 Å². The number of halogens is 3. The van der Waals surface area contributed by atoms with Gasteiger partial charge in [0.1, 0.15) is 11.8 Å². The first-order valence-corrected chi connectivity index (χ1v) is 9.66. The molecule has 10 heteroatoms. The molecule has 0 aromatic heterocycles. The van der Waals surface area contributed by atoms with Crippen molar-refractivity contribution < 1.29 is 36.2 Å². The monoisotopic (exact) mass is 395 g/mol. The number of benzene rings is 1. The standard InChI is InChI=1S/C16H20F3NO5S/c17-16(18,19)25-12-7-4-8-13(10-12)26(23,24)20-14(15(21)22)9-11-5-2-1-3-6-11/h4,7-8,10-11,14,20H,1-3,5-6,9H2,(H,21,22)/t14-/m0/s1. The Hall–Kier alpha value is -1.81. The summed E-state index contributed by atoms with van der Waals surface area (Å²) >= 11 is 0. The van der Waals surface area contributed by atoms with E-state index in [1.165, 1.54) is 0 Å². The first-order chi connectivity index (χ1) is 12.1. The van der Waals surface area contributed by atoms with Gasteiger partial charge in [0.05, 0.1) is 4.90 Å². The quantitative estimate of drug-likeness (QED) is 0.739. The molecule has 1 aromatic carbocycles. The van der Waals surface area contributed by atoms with Crippen molar-refractivity contribution in [1.82, 2.24) is 4.72 Å². The highest BCUT2D eigenvalue weighted by atomic mass is 32.2. The summed E-state index contributed by atoms with van der Waals surface area (Å²) in [6.45, 7) is 0. The minimum Gasteiger partial charge on any atom is -0.480 e. The van der Waals surface area contributed by atoms with Gasteiger partial charge in [-0.05, 0) is 24.5 Å². The van der Waals surface area contributed by atoms with E-state index < -0.39 is 39.0 Å². The highest BCUT2D eigenvalue weighted by Gasteiger charge is 2.32. The maximum atomic E-state index is 12.4. The molecule has 2 N–H and O–H groups in total. The summed E-state index contributed by atoms with van der Waals surface area (Å²) in [4.78, 5) is 10.9. The number of hydrogen-bond donors (Lipinski definition) is 2. The Balaban J connectivity index is 2.14. The topological polar surface area (TPSA) is 92.7 Å². The number of sulfonamides is 1. The zero-order valence-electron chi connectivity index (χ0n) is 13.8. The van der Waals surface area contributed by atoms with Gasteiger partial charge in [-0.3, -0.25) is 4.79 Å². The third kappa shape index (κ3) is 6.17. The van der Waals surface area contributed by atoms with Gasteiger partial charge < -0.3 is 9.84 Å². The lowest BCUT2D eigenvalue weighted by Gasteiger charge is -2.25. The fourth-order valence-electron chi connectivity index (χ4n) is 3.05. The minimum atomic E-state index is -4.96. The Kier molecular flexibility index (Phi) is 6.51. The molecule has 0 spiro atoms. The SMILES string of the molecule is O=C(O)[C@H](CC1CCCCC1)NS(=O)(=O)c1cccc(OC(F)(F)F)c1. The fourth-order valence-corrected chi connectivity index (χ4v) is 4.29. The van der Waals surface area contributed by atoms with Crippen molar-refractivity contribution in [1.29, 1.82) is 0 Å². The van der Waals surface area contributed by atoms with E-state index in [9.17, 15) is 31.5 Å². The molecule has 1 fully saturated rings. The first kappa shape index (κ1) is 20.5. The van der Waals surface area contributed by atoms with Crippen LogP contribution in [0.3, 0.4) is 0 Å². The van der Waals surface area contributed by atoms with Gasteiger partial charge >= 0.3 is 12.3 Å². The molecule has 0 aliphatic heterocycles. The minimum absolute atomic E-state index is 0.104. The van der Waals surface area contributed by atoms with E-state index in [4.69, 9.17) is 0 Å². The van der Waals surface area contributed by atoms with Crippen LogP contribution in [0.15, 0.2) is 29.2 Å². The fraction of sp³-hybridized carbons (Fsp3) is 0.562. The molecule has 1 aliphatic carbocycles. The largest absolute Gasteiger partial charge is 0.573 e. The van der Waals surface area contributed by atoms with E-state index in [-0.39, 0.29) is 12.3 Å². The second-order valence-electron chi connectivity index (χ2n) is 6.27. The molecule has 1 aliphatic rings. The van der Waals surface area contributed by atoms with Gasteiger partial charge in [0.25, 0.3) is 0 Å². The van der Waals surface area contributed by atoms with Crippen LogP contribution in [-0.2, 0) is 14.8 Å². The molecular weight excluding hydrogens is 375 g/mol. The lowest BCUT2D eigenvalue weighted by molar-refractivity contribution is -0.274. The number of carboxylic acids is 1. The summed E-state index contributed by atoms with van der Waals surface area (Å²) in [5.74, 6) is -1.91. The summed E-state index contributed by atoms with van der Waals surface area (Å²) in [6, 6.07) is 2.49. The predicted molar refractivity (Wildman–Crippen MR) is 86.1 cm³/mol. The number of hydrogen-bond acceptors (Lipinski definition) is 4. The third-order valence-corrected chi connectivity index (χ3v) is 5.71. The molecule has 26 heavy (non-hydrogen) atoms. The molecule has 1 aromatic rings. The molecular formula is C16H20F3NO5S. The lowest BCUT2D eigenvalue weighted by Crippen LogP contribution is -2.42. The smallest absolute Gasteiger partial charge is 0.480 e. The Bertz CT molecular complexity index is 730. The Labute approximate surface area is 149 Å². The number of alkyl halides is 3. The summed E-state index contributed by atoms with van der Waals surface area (Å²) in [7, 11) is -4.31. The van der Waals surface area contributed by atoms with Crippen LogP contribution in [0.4, 0.5) is 13.2 Å². The van der Waals surface area contributed by atoms with Crippen LogP contribution in [0.1, 0.15) is 38.5 Å². The Morgan fingerprint density at radius 3 is 2.50 bits per heavy atom. The lowest BCUT2D eigenvalue weighted by atomic mass is 9.85. The average Bonchev–Trinajstić information content (AvgIpc) is 2.53. The number of aliphatic carboxylic acids is 1. The highest BCUT2D eigenvalue weighted by molar-refractivity contribution is 7.89. The second kappa shape index (κ2) is 8.26. The van der Waals surface area contributed by atoms with Crippen molar-refractivity contribution >= 4 is 16.0 Å². The van der Waals surface area contributed by atoms with Crippen LogP contribution >= 0.6 is 0 Å². The van der Waals surface area contributed by atoms with Crippen LogP contribution in [-0.4, -0.2) is 31.9 Å². The Morgan fingerprint density at radius 1 is 1.27 bits per heavy atom. The summed E-state index contributed by atoms with van der Waals surface area (Å²) in [5, 5.41) is 9.32. The normalized spacial score (nSPS) is 17.7. The van der Waals surface area contributed by atoms with Crippen molar-refractivity contribution in [3.8, 4) is 5.75 Å². The van der Waals surface area contributed by atoms with Crippen molar-refractivity contribution in [3.63, 3.8) is 0 Å². The maximum Gasteiger partial charge on any atom is 0.573 e. The van der Waals surface area contributed by atoms with Crippen molar-refractivity contribution in [2.24, 2.45) is 5.92 Å². The first-order valence-electron chi connectivity index (χ1n) is 8.18. The van der Waals surface area contributed by atoms with E-state index in [1.54, 1.807) is 0 Å². The van der Waals surface area contributed by atoms with E-state index in [1.807, 2.05) is 0 Å². The van der Waals surface area contributed by atoms with Gasteiger partial charge in [0.2, 0.25) is 10.0 Å². The van der Waals surface area contributed by atoms with Gasteiger partial charge in [0, 0.05) is 6.07 Å². The number of ether oxygens (including phenoxy) is 1. The van der Waals surface area contributed by atoms with E-state index in [2.05, 4.69) is 9.46 Å². The van der Waals surface area contributed by atoms with E-state index >= 15 is 0 Å². The van der Waals surface area contributed by atoms with Crippen molar-refractivity contribution in [2.45, 2.75) is 55.8 Å². The molecule has 1 atom stereocenters. The van der Waals surface area contributed by atoms with Crippen molar-refractivity contribution in [2.75, 3.05) is 0 Å². The zero-order valence-corrected chi connectivity index (χ0v) is 14.6. The number of rotatable bonds is 7. The maximum absolute atomic E-state index is 12.4. The van der Waals surface area contributed by atoms with Gasteiger partial charge in [-0.25, -0.2) is 8.42 Å². The molecule has 146 valence electrons. The molecule has 0 saturated heterocycles. The van der Waals surface area contributed by atoms with Gasteiger partial charge in [0.15, 0.2) is 0 Å². The molecule has 0 bridgehead atoms. The Morgan fingerprint density at radius 2 is 1.92 bits per heavy atom. The third-order valence-electron chi connectivity index (χ3n) is 4.24. The van der Waals surface area contributed by atoms with Crippen LogP contribution in [0, 0.1) is 5.92 Å². The van der Waals surface area contributed by atoms with Crippen LogP contribution in [0.2, 0.25) is 0 Å². The zero-order chi connectivity index (χ0) is 19.4. The second-order valence-corrected chi connectivity index (χ2v) is 7.99. The summed E-state index contributed by atoms with van der Waals surface area (Å²) in [5.41, 5.74) is 0. The number of nitrogens with one attached hydrogen (secondary N) is 1. The van der Waals surface area contributed by atoms with Gasteiger partial charge in [-0.2, -0.15) is 4.72 Å². The van der Waals surface area contributed by atoms with Crippen LogP contribution in [0.5, 0.6) is 5.75 Å². The molecule has 2 rings (SSSR count).